The fourth-order valence-electron chi connectivity index (χ4n) is 3.30. The van der Waals surface area contributed by atoms with Gasteiger partial charge in [0.2, 0.25) is 5.91 Å². The van der Waals surface area contributed by atoms with Crippen LogP contribution in [0.3, 0.4) is 0 Å². The van der Waals surface area contributed by atoms with Crippen LogP contribution in [0.4, 0.5) is 0 Å². The number of ether oxygens (including phenoxy) is 1. The molecule has 1 heterocycles. The normalized spacial score (nSPS) is 31.2. The fraction of sp³-hybridized carbons (Fsp3) is 0.846. The SMILES string of the molecule is CCOCC(=O)N1[C@H](C(=O)O)C[C@@H]2CCCC[C@@H]21. The summed E-state index contributed by atoms with van der Waals surface area (Å²) in [6.07, 6.45) is 4.84. The number of amides is 1. The molecule has 1 N–H and O–H groups in total. The van der Waals surface area contributed by atoms with Crippen LogP contribution < -0.4 is 0 Å². The first kappa shape index (κ1) is 13.3. The molecule has 1 aliphatic carbocycles. The molecule has 3 atom stereocenters. The molecule has 0 bridgehead atoms. The van der Waals surface area contributed by atoms with E-state index in [0.29, 0.717) is 18.9 Å². The van der Waals surface area contributed by atoms with Gasteiger partial charge >= 0.3 is 5.97 Å². The maximum atomic E-state index is 12.1. The molecule has 0 radical (unpaired) electrons. The zero-order valence-electron chi connectivity index (χ0n) is 10.8. The van der Waals surface area contributed by atoms with Crippen molar-refractivity contribution in [3.63, 3.8) is 0 Å². The van der Waals surface area contributed by atoms with Crippen molar-refractivity contribution >= 4 is 11.9 Å². The summed E-state index contributed by atoms with van der Waals surface area (Å²) in [7, 11) is 0. The number of carboxylic acid groups (broad SMARTS) is 1. The zero-order chi connectivity index (χ0) is 13.1. The quantitative estimate of drug-likeness (QED) is 0.821. The van der Waals surface area contributed by atoms with E-state index in [9.17, 15) is 14.7 Å². The Labute approximate surface area is 107 Å². The largest absolute Gasteiger partial charge is 0.480 e. The summed E-state index contributed by atoms with van der Waals surface area (Å²) in [5.41, 5.74) is 0. The molecule has 2 aliphatic rings. The van der Waals surface area contributed by atoms with E-state index in [1.807, 2.05) is 6.92 Å². The number of hydrogen-bond donors (Lipinski definition) is 1. The first-order valence-corrected chi connectivity index (χ1v) is 6.76. The minimum absolute atomic E-state index is 0.00347. The molecule has 5 heteroatoms. The summed E-state index contributed by atoms with van der Waals surface area (Å²) in [4.78, 5) is 25.0. The van der Waals surface area contributed by atoms with Gasteiger partial charge in [0.25, 0.3) is 0 Å². The second-order valence-electron chi connectivity index (χ2n) is 5.14. The first-order chi connectivity index (χ1) is 8.65. The molecule has 2 rings (SSSR count). The number of nitrogens with zero attached hydrogens (tertiary/aromatic N) is 1. The van der Waals surface area contributed by atoms with Crippen molar-refractivity contribution in [2.45, 2.75) is 51.1 Å². The summed E-state index contributed by atoms with van der Waals surface area (Å²) in [6, 6.07) is -0.529. The van der Waals surface area contributed by atoms with E-state index >= 15 is 0 Å². The second kappa shape index (κ2) is 5.69. The minimum atomic E-state index is -0.880. The van der Waals surface area contributed by atoms with Crippen LogP contribution in [0.1, 0.15) is 39.0 Å². The van der Waals surface area contributed by atoms with Crippen LogP contribution in [-0.4, -0.2) is 47.2 Å². The van der Waals surface area contributed by atoms with Crippen LogP contribution in [0, 0.1) is 5.92 Å². The highest BCUT2D eigenvalue weighted by atomic mass is 16.5. The van der Waals surface area contributed by atoms with Crippen LogP contribution in [0.2, 0.25) is 0 Å². The zero-order valence-corrected chi connectivity index (χ0v) is 10.8. The summed E-state index contributed by atoms with van der Waals surface area (Å²) < 4.78 is 5.13. The van der Waals surface area contributed by atoms with Gasteiger partial charge in [-0.05, 0) is 32.1 Å². The number of carbonyl (C=O) groups excluding carboxylic acids is 1. The van der Waals surface area contributed by atoms with Crippen LogP contribution in [0.25, 0.3) is 0 Å². The van der Waals surface area contributed by atoms with E-state index in [1.54, 1.807) is 4.90 Å². The van der Waals surface area contributed by atoms with Crippen LogP contribution in [-0.2, 0) is 14.3 Å². The Morgan fingerprint density at radius 3 is 2.72 bits per heavy atom. The predicted molar refractivity (Wildman–Crippen MR) is 65.1 cm³/mol. The average Bonchev–Trinajstić information content (AvgIpc) is 2.75. The molecule has 1 aliphatic heterocycles. The first-order valence-electron chi connectivity index (χ1n) is 6.76. The molecular weight excluding hydrogens is 234 g/mol. The highest BCUT2D eigenvalue weighted by Gasteiger charge is 2.47. The van der Waals surface area contributed by atoms with Crippen LogP contribution in [0.15, 0.2) is 0 Å². The summed E-state index contributed by atoms with van der Waals surface area (Å²) in [6.45, 7) is 2.31. The number of rotatable bonds is 4. The van der Waals surface area contributed by atoms with Gasteiger partial charge < -0.3 is 14.7 Å². The number of fused-ring (bicyclic) bond motifs is 1. The lowest BCUT2D eigenvalue weighted by molar-refractivity contribution is -0.151. The van der Waals surface area contributed by atoms with Crippen molar-refractivity contribution in [2.75, 3.05) is 13.2 Å². The van der Waals surface area contributed by atoms with E-state index in [-0.39, 0.29) is 18.6 Å². The highest BCUT2D eigenvalue weighted by Crippen LogP contribution is 2.39. The Hall–Kier alpha value is -1.10. The molecule has 0 aromatic carbocycles. The fourth-order valence-corrected chi connectivity index (χ4v) is 3.30. The van der Waals surface area contributed by atoms with Crippen molar-refractivity contribution in [1.29, 1.82) is 0 Å². The highest BCUT2D eigenvalue weighted by molar-refractivity contribution is 5.85. The van der Waals surface area contributed by atoms with E-state index in [2.05, 4.69) is 0 Å². The van der Waals surface area contributed by atoms with Gasteiger partial charge in [0.05, 0.1) is 0 Å². The number of carboxylic acids is 1. The molecule has 18 heavy (non-hydrogen) atoms. The lowest BCUT2D eigenvalue weighted by Crippen LogP contribution is -2.47. The van der Waals surface area contributed by atoms with Crippen molar-refractivity contribution in [1.82, 2.24) is 4.90 Å². The van der Waals surface area contributed by atoms with E-state index in [1.165, 1.54) is 0 Å². The van der Waals surface area contributed by atoms with Gasteiger partial charge in [0, 0.05) is 12.6 Å². The lowest BCUT2D eigenvalue weighted by atomic mass is 9.85. The molecule has 1 saturated heterocycles. The van der Waals surface area contributed by atoms with E-state index in [0.717, 1.165) is 25.7 Å². The Bertz CT molecular complexity index is 331. The molecule has 1 saturated carbocycles. The van der Waals surface area contributed by atoms with Gasteiger partial charge in [-0.1, -0.05) is 12.8 Å². The van der Waals surface area contributed by atoms with E-state index < -0.39 is 12.0 Å². The molecule has 1 amide bonds. The third-order valence-corrected chi connectivity index (χ3v) is 4.09. The summed E-state index contributed by atoms with van der Waals surface area (Å²) in [5.74, 6) is -0.682. The second-order valence-corrected chi connectivity index (χ2v) is 5.14. The van der Waals surface area contributed by atoms with Crippen molar-refractivity contribution < 1.29 is 19.4 Å². The Morgan fingerprint density at radius 2 is 2.06 bits per heavy atom. The molecule has 2 fully saturated rings. The number of likely N-dealkylation sites (tertiary alicyclic amines) is 1. The minimum Gasteiger partial charge on any atom is -0.480 e. The molecule has 102 valence electrons. The van der Waals surface area contributed by atoms with Gasteiger partial charge in [0.15, 0.2) is 0 Å². The van der Waals surface area contributed by atoms with E-state index in [4.69, 9.17) is 4.74 Å². The number of hydrogen-bond acceptors (Lipinski definition) is 3. The molecule has 5 nitrogen and oxygen atoms in total. The van der Waals surface area contributed by atoms with Gasteiger partial charge in [-0.3, -0.25) is 4.79 Å². The summed E-state index contributed by atoms with van der Waals surface area (Å²) >= 11 is 0. The number of aliphatic carboxylic acids is 1. The van der Waals surface area contributed by atoms with Crippen LogP contribution >= 0.6 is 0 Å². The third-order valence-electron chi connectivity index (χ3n) is 4.09. The topological polar surface area (TPSA) is 66.8 Å². The standard InChI is InChI=1S/C13H21NO4/c1-2-18-8-12(15)14-10-6-4-3-5-9(10)7-11(14)13(16)17/h9-11H,2-8H2,1H3,(H,16,17)/t9-,10-,11-/m0/s1. The average molecular weight is 255 g/mol. The summed E-state index contributed by atoms with van der Waals surface area (Å²) in [5, 5.41) is 9.27. The molecule has 0 unspecified atom stereocenters. The maximum Gasteiger partial charge on any atom is 0.326 e. The molecular formula is C13H21NO4. The molecule has 0 spiro atoms. The monoisotopic (exact) mass is 255 g/mol. The van der Waals surface area contributed by atoms with Crippen molar-refractivity contribution in [3.8, 4) is 0 Å². The van der Waals surface area contributed by atoms with Crippen molar-refractivity contribution in [2.24, 2.45) is 5.92 Å². The molecule has 0 aromatic rings. The Kier molecular flexibility index (Phi) is 4.22. The van der Waals surface area contributed by atoms with Gasteiger partial charge in [0.1, 0.15) is 12.6 Å². The van der Waals surface area contributed by atoms with Crippen molar-refractivity contribution in [3.05, 3.63) is 0 Å². The Balaban J connectivity index is 2.11. The lowest BCUT2D eigenvalue weighted by Gasteiger charge is -2.32. The predicted octanol–water partition coefficient (Wildman–Crippen LogP) is 1.27. The smallest absolute Gasteiger partial charge is 0.326 e. The maximum absolute atomic E-state index is 12.1. The van der Waals surface area contributed by atoms with Gasteiger partial charge in [-0.25, -0.2) is 4.79 Å². The Morgan fingerprint density at radius 1 is 1.33 bits per heavy atom. The number of carbonyl (C=O) groups is 2. The van der Waals surface area contributed by atoms with Gasteiger partial charge in [-0.2, -0.15) is 0 Å². The van der Waals surface area contributed by atoms with Crippen LogP contribution in [0.5, 0.6) is 0 Å². The third kappa shape index (κ3) is 2.51. The molecule has 0 aromatic heterocycles. The van der Waals surface area contributed by atoms with Gasteiger partial charge in [-0.15, -0.1) is 0 Å².